The Kier molecular flexibility index (Phi) is 8.92. The fourth-order valence-corrected chi connectivity index (χ4v) is 3.84. The minimum absolute atomic E-state index is 0.00255. The topological polar surface area (TPSA) is 111 Å². The van der Waals surface area contributed by atoms with E-state index in [1.54, 1.807) is 4.90 Å². The van der Waals surface area contributed by atoms with Gasteiger partial charge in [0.1, 0.15) is 5.60 Å². The molecule has 0 aromatic carbocycles. The van der Waals surface area contributed by atoms with Crippen molar-refractivity contribution in [3.63, 3.8) is 0 Å². The Hall–Kier alpha value is -1.64. The van der Waals surface area contributed by atoms with Crippen molar-refractivity contribution < 1.29 is 24.5 Å². The standard InChI is InChI=1S/C21H37N3O5/c1-21(2,3)29-20(28)23-12-11-22-15(14-25)8-6-7-13-24-18(26)16-9-4-5-10-17(16)19(24)27/h15,18,22,25-26H,4-14H2,1-3H3,(H,23,28). The highest BCUT2D eigenvalue weighted by Crippen LogP contribution is 2.35. The van der Waals surface area contributed by atoms with Gasteiger partial charge >= 0.3 is 6.09 Å². The fraction of sp³-hybridized carbons (Fsp3) is 0.810. The Morgan fingerprint density at radius 3 is 2.62 bits per heavy atom. The smallest absolute Gasteiger partial charge is 0.407 e. The van der Waals surface area contributed by atoms with Gasteiger partial charge in [-0.2, -0.15) is 0 Å². The lowest BCUT2D eigenvalue weighted by Gasteiger charge is -2.23. The average molecular weight is 412 g/mol. The number of unbranched alkanes of at least 4 members (excludes halogenated alkanes) is 1. The second-order valence-corrected chi connectivity index (χ2v) is 8.84. The summed E-state index contributed by atoms with van der Waals surface area (Å²) in [6.07, 6.45) is 4.85. The highest BCUT2D eigenvalue weighted by molar-refractivity contribution is 5.97. The number of aliphatic hydroxyl groups excluding tert-OH is 2. The molecule has 0 saturated carbocycles. The summed E-state index contributed by atoms with van der Waals surface area (Å²) >= 11 is 0. The van der Waals surface area contributed by atoms with Gasteiger partial charge < -0.3 is 30.5 Å². The Bertz CT molecular complexity index is 600. The summed E-state index contributed by atoms with van der Waals surface area (Å²) < 4.78 is 5.17. The van der Waals surface area contributed by atoms with Crippen molar-refractivity contribution in [3.05, 3.63) is 11.1 Å². The van der Waals surface area contributed by atoms with Gasteiger partial charge in [0.15, 0.2) is 6.23 Å². The van der Waals surface area contributed by atoms with Crippen LogP contribution >= 0.6 is 0 Å². The molecule has 0 saturated heterocycles. The van der Waals surface area contributed by atoms with E-state index < -0.39 is 17.9 Å². The lowest BCUT2D eigenvalue weighted by molar-refractivity contribution is -0.132. The highest BCUT2D eigenvalue weighted by atomic mass is 16.6. The van der Waals surface area contributed by atoms with E-state index in [2.05, 4.69) is 10.6 Å². The molecule has 4 N–H and O–H groups in total. The number of amides is 2. The predicted molar refractivity (Wildman–Crippen MR) is 110 cm³/mol. The molecular weight excluding hydrogens is 374 g/mol. The van der Waals surface area contributed by atoms with E-state index in [9.17, 15) is 19.8 Å². The summed E-state index contributed by atoms with van der Waals surface area (Å²) in [6, 6.07) is -0.0685. The number of hydrogen-bond donors (Lipinski definition) is 4. The number of rotatable bonds is 10. The van der Waals surface area contributed by atoms with Crippen LogP contribution < -0.4 is 10.6 Å². The van der Waals surface area contributed by atoms with Crippen LogP contribution in [0.1, 0.15) is 65.7 Å². The highest BCUT2D eigenvalue weighted by Gasteiger charge is 2.38. The van der Waals surface area contributed by atoms with Crippen LogP contribution in [0.15, 0.2) is 11.1 Å². The first-order valence-electron chi connectivity index (χ1n) is 10.7. The van der Waals surface area contributed by atoms with Crippen LogP contribution in [0.25, 0.3) is 0 Å². The lowest BCUT2D eigenvalue weighted by atomic mass is 9.93. The molecule has 2 rings (SSSR count). The van der Waals surface area contributed by atoms with Gasteiger partial charge in [-0.25, -0.2) is 4.79 Å². The number of carbonyl (C=O) groups excluding carboxylic acids is 2. The summed E-state index contributed by atoms with van der Waals surface area (Å²) in [5, 5.41) is 25.8. The Labute approximate surface area is 173 Å². The van der Waals surface area contributed by atoms with Crippen molar-refractivity contribution in [2.24, 2.45) is 0 Å². The summed E-state index contributed by atoms with van der Waals surface area (Å²) in [5.41, 5.74) is 1.23. The zero-order valence-corrected chi connectivity index (χ0v) is 18.0. The molecule has 0 aromatic heterocycles. The molecule has 2 aliphatic rings. The quantitative estimate of drug-likeness (QED) is 0.407. The van der Waals surface area contributed by atoms with Gasteiger partial charge in [0, 0.05) is 31.2 Å². The van der Waals surface area contributed by atoms with Crippen molar-refractivity contribution in [3.8, 4) is 0 Å². The van der Waals surface area contributed by atoms with Gasteiger partial charge in [-0.05, 0) is 64.9 Å². The first kappa shape index (κ1) is 23.6. The maximum absolute atomic E-state index is 12.5. The maximum Gasteiger partial charge on any atom is 0.407 e. The molecule has 0 radical (unpaired) electrons. The third-order valence-corrected chi connectivity index (χ3v) is 5.28. The Balaban J connectivity index is 1.60. The van der Waals surface area contributed by atoms with Crippen LogP contribution in [0.5, 0.6) is 0 Å². The number of ether oxygens (including phenoxy) is 1. The summed E-state index contributed by atoms with van der Waals surface area (Å²) in [6.45, 7) is 6.92. The Morgan fingerprint density at radius 2 is 1.97 bits per heavy atom. The van der Waals surface area contributed by atoms with Gasteiger partial charge in [0.25, 0.3) is 5.91 Å². The monoisotopic (exact) mass is 411 g/mol. The van der Waals surface area contributed by atoms with E-state index in [1.807, 2.05) is 20.8 Å². The van der Waals surface area contributed by atoms with Crippen molar-refractivity contribution in [1.29, 1.82) is 0 Å². The molecule has 0 aromatic rings. The third-order valence-electron chi connectivity index (χ3n) is 5.28. The fourth-order valence-electron chi connectivity index (χ4n) is 3.84. The van der Waals surface area contributed by atoms with Gasteiger partial charge in [-0.15, -0.1) is 0 Å². The lowest BCUT2D eigenvalue weighted by Crippen LogP contribution is -2.40. The number of hydrogen-bond acceptors (Lipinski definition) is 6. The predicted octanol–water partition coefficient (Wildman–Crippen LogP) is 1.66. The van der Waals surface area contributed by atoms with Crippen molar-refractivity contribution in [2.45, 2.75) is 83.6 Å². The molecule has 1 heterocycles. The van der Waals surface area contributed by atoms with Gasteiger partial charge in [-0.3, -0.25) is 4.79 Å². The van der Waals surface area contributed by atoms with Gasteiger partial charge in [0.2, 0.25) is 0 Å². The first-order chi connectivity index (χ1) is 13.7. The number of alkyl carbamates (subject to hydrolysis) is 1. The van der Waals surface area contributed by atoms with E-state index >= 15 is 0 Å². The Morgan fingerprint density at radius 1 is 1.24 bits per heavy atom. The molecule has 1 aliphatic heterocycles. The van der Waals surface area contributed by atoms with E-state index in [-0.39, 0.29) is 18.6 Å². The molecule has 2 unspecified atom stereocenters. The molecule has 0 bridgehead atoms. The number of carbonyl (C=O) groups is 2. The second kappa shape index (κ2) is 10.9. The second-order valence-electron chi connectivity index (χ2n) is 8.84. The van der Waals surface area contributed by atoms with E-state index in [0.717, 1.165) is 56.1 Å². The molecule has 0 spiro atoms. The van der Waals surface area contributed by atoms with Gasteiger partial charge in [0.05, 0.1) is 6.61 Å². The number of aliphatic hydroxyl groups is 2. The minimum atomic E-state index is -0.747. The normalized spacial score (nSPS) is 20.7. The largest absolute Gasteiger partial charge is 0.444 e. The average Bonchev–Trinajstić information content (AvgIpc) is 2.90. The van der Waals surface area contributed by atoms with Crippen molar-refractivity contribution >= 4 is 12.0 Å². The summed E-state index contributed by atoms with van der Waals surface area (Å²) in [4.78, 5) is 25.6. The number of nitrogens with one attached hydrogen (secondary N) is 2. The molecular formula is C21H37N3O5. The summed E-state index contributed by atoms with van der Waals surface area (Å²) in [5.74, 6) is -0.00255. The van der Waals surface area contributed by atoms with Crippen LogP contribution in [0.2, 0.25) is 0 Å². The molecule has 166 valence electrons. The zero-order chi connectivity index (χ0) is 21.4. The molecule has 2 amide bonds. The van der Waals surface area contributed by atoms with Crippen LogP contribution in [-0.2, 0) is 9.53 Å². The van der Waals surface area contributed by atoms with E-state index in [4.69, 9.17) is 4.74 Å². The SMILES string of the molecule is CC(C)(C)OC(=O)NCCNC(CO)CCCCN1C(=O)C2=C(CCCC2)C1O. The molecule has 8 nitrogen and oxygen atoms in total. The van der Waals surface area contributed by atoms with Crippen molar-refractivity contribution in [1.82, 2.24) is 15.5 Å². The molecule has 0 fully saturated rings. The van der Waals surface area contributed by atoms with E-state index in [1.165, 1.54) is 0 Å². The number of nitrogens with zero attached hydrogens (tertiary/aromatic N) is 1. The van der Waals surface area contributed by atoms with Crippen molar-refractivity contribution in [2.75, 3.05) is 26.2 Å². The summed E-state index contributed by atoms with van der Waals surface area (Å²) in [7, 11) is 0. The van der Waals surface area contributed by atoms with E-state index in [0.29, 0.717) is 19.6 Å². The first-order valence-corrected chi connectivity index (χ1v) is 10.7. The molecule has 2 atom stereocenters. The zero-order valence-electron chi connectivity index (χ0n) is 18.0. The van der Waals surface area contributed by atoms with Crippen LogP contribution in [-0.4, -0.2) is 71.2 Å². The molecule has 1 aliphatic carbocycles. The van der Waals surface area contributed by atoms with Gasteiger partial charge in [-0.1, -0.05) is 6.42 Å². The third kappa shape index (κ3) is 7.28. The van der Waals surface area contributed by atoms with Crippen LogP contribution in [0, 0.1) is 0 Å². The minimum Gasteiger partial charge on any atom is -0.444 e. The molecule has 29 heavy (non-hydrogen) atoms. The van der Waals surface area contributed by atoms with Crippen LogP contribution in [0.4, 0.5) is 4.79 Å². The molecule has 8 heteroatoms. The maximum atomic E-state index is 12.5. The van der Waals surface area contributed by atoms with Crippen LogP contribution in [0.3, 0.4) is 0 Å².